The Morgan fingerprint density at radius 1 is 0.688 bits per heavy atom. The summed E-state index contributed by atoms with van der Waals surface area (Å²) in [5.74, 6) is 0. The quantitative estimate of drug-likeness (QED) is 0.291. The maximum atomic E-state index is 12.0. The van der Waals surface area contributed by atoms with E-state index in [1.165, 1.54) is 0 Å². The standard InChI is InChI=1S/C2H2F4O6S2.2Na/c3-1(4,13(7,8)9)2(5,6)14(10,11)12;;/h(H,7,8,9)(H,10,11,12);;/q;2*+1/p-2. The summed E-state index contributed by atoms with van der Waals surface area (Å²) in [6, 6.07) is 0. The summed E-state index contributed by atoms with van der Waals surface area (Å²) in [6.45, 7) is 0. The molecule has 16 heavy (non-hydrogen) atoms. The zero-order valence-corrected chi connectivity index (χ0v) is 13.4. The molecule has 0 saturated heterocycles. The van der Waals surface area contributed by atoms with Crippen LogP contribution in [0.3, 0.4) is 0 Å². The average molecular weight is 306 g/mol. The zero-order valence-electron chi connectivity index (χ0n) is 7.78. The van der Waals surface area contributed by atoms with Gasteiger partial charge in [-0.1, -0.05) is 0 Å². The molecule has 0 heterocycles. The third-order valence-corrected chi connectivity index (χ3v) is 2.86. The fourth-order valence-electron chi connectivity index (χ4n) is 0.291. The minimum absolute atomic E-state index is 0. The second-order valence-corrected chi connectivity index (χ2v) is 4.78. The van der Waals surface area contributed by atoms with E-state index in [-0.39, 0.29) is 59.1 Å². The Morgan fingerprint density at radius 3 is 0.875 bits per heavy atom. The average Bonchev–Trinajstić information content (AvgIpc) is 1.81. The first-order valence-corrected chi connectivity index (χ1v) is 5.23. The molecular formula is C2F4Na2O6S2. The minimum atomic E-state index is -6.96. The van der Waals surface area contributed by atoms with Crippen molar-refractivity contribution in [1.82, 2.24) is 0 Å². The fraction of sp³-hybridized carbons (Fsp3) is 1.00. The van der Waals surface area contributed by atoms with Gasteiger partial charge in [-0.05, 0) is 0 Å². The van der Waals surface area contributed by atoms with Crippen molar-refractivity contribution >= 4 is 20.2 Å². The van der Waals surface area contributed by atoms with Gasteiger partial charge in [0, 0.05) is 0 Å². The summed E-state index contributed by atoms with van der Waals surface area (Å²) in [7, 11) is -13.9. The molecule has 86 valence electrons. The van der Waals surface area contributed by atoms with E-state index in [0.717, 1.165) is 0 Å². The predicted molar refractivity (Wildman–Crippen MR) is 29.3 cm³/mol. The van der Waals surface area contributed by atoms with Crippen LogP contribution in [0.2, 0.25) is 0 Å². The van der Waals surface area contributed by atoms with Crippen molar-refractivity contribution in [2.24, 2.45) is 0 Å². The first kappa shape index (κ1) is 22.7. The molecule has 0 fully saturated rings. The van der Waals surface area contributed by atoms with Gasteiger partial charge in [0.15, 0.2) is 20.2 Å². The number of hydrogen-bond donors (Lipinski definition) is 0. The van der Waals surface area contributed by atoms with E-state index in [4.69, 9.17) is 0 Å². The molecule has 0 aliphatic heterocycles. The van der Waals surface area contributed by atoms with E-state index in [1.807, 2.05) is 0 Å². The normalized spacial score (nSPS) is 13.6. The van der Waals surface area contributed by atoms with Crippen LogP contribution in [-0.2, 0) is 20.2 Å². The number of halogens is 4. The van der Waals surface area contributed by atoms with E-state index in [9.17, 15) is 43.5 Å². The van der Waals surface area contributed by atoms with Gasteiger partial charge >= 0.3 is 69.6 Å². The monoisotopic (exact) mass is 306 g/mol. The molecule has 0 unspecified atom stereocenters. The molecule has 0 aliphatic carbocycles. The summed E-state index contributed by atoms with van der Waals surface area (Å²) in [5, 5.41) is -13.0. The van der Waals surface area contributed by atoms with Crippen LogP contribution in [0.5, 0.6) is 0 Å². The van der Waals surface area contributed by atoms with Gasteiger partial charge < -0.3 is 9.11 Å². The first-order chi connectivity index (χ1) is 5.75. The summed E-state index contributed by atoms with van der Waals surface area (Å²) >= 11 is 0. The molecule has 0 aromatic rings. The number of hydrogen-bond acceptors (Lipinski definition) is 6. The van der Waals surface area contributed by atoms with E-state index in [1.54, 1.807) is 0 Å². The molecule has 0 N–H and O–H groups in total. The smallest absolute Gasteiger partial charge is 0.743 e. The first-order valence-electron chi connectivity index (χ1n) is 2.41. The molecule has 0 bridgehead atoms. The van der Waals surface area contributed by atoms with Crippen molar-refractivity contribution in [1.29, 1.82) is 0 Å². The van der Waals surface area contributed by atoms with Crippen LogP contribution in [-0.4, -0.2) is 36.5 Å². The number of rotatable bonds is 3. The molecule has 0 spiro atoms. The van der Waals surface area contributed by atoms with E-state index >= 15 is 0 Å². The Balaban J connectivity index is -0.000000845. The molecule has 0 aromatic heterocycles. The largest absolute Gasteiger partial charge is 1.00 e. The van der Waals surface area contributed by atoms with Gasteiger partial charge in [-0.25, -0.2) is 16.8 Å². The van der Waals surface area contributed by atoms with E-state index in [0.29, 0.717) is 0 Å². The van der Waals surface area contributed by atoms with Crippen molar-refractivity contribution < 1.29 is 103 Å². The van der Waals surface area contributed by atoms with Crippen molar-refractivity contribution in [2.75, 3.05) is 0 Å². The van der Waals surface area contributed by atoms with E-state index < -0.39 is 30.7 Å². The molecule has 0 radical (unpaired) electrons. The Kier molecular flexibility index (Phi) is 8.69. The summed E-state index contributed by atoms with van der Waals surface area (Å²) in [4.78, 5) is 0. The van der Waals surface area contributed by atoms with Crippen LogP contribution < -0.4 is 59.1 Å². The van der Waals surface area contributed by atoms with Crippen LogP contribution in [0.25, 0.3) is 0 Å². The van der Waals surface area contributed by atoms with Gasteiger partial charge in [0.25, 0.3) is 0 Å². The molecule has 0 aliphatic rings. The molecule has 0 rings (SSSR count). The van der Waals surface area contributed by atoms with Gasteiger partial charge in [0.05, 0.1) is 0 Å². The van der Waals surface area contributed by atoms with Gasteiger partial charge in [0.2, 0.25) is 0 Å². The van der Waals surface area contributed by atoms with Crippen LogP contribution in [0.1, 0.15) is 0 Å². The topological polar surface area (TPSA) is 114 Å². The fourth-order valence-corrected chi connectivity index (χ4v) is 1.49. The molecule has 0 aromatic carbocycles. The number of alkyl halides is 4. The summed E-state index contributed by atoms with van der Waals surface area (Å²) < 4.78 is 105. The second-order valence-electron chi connectivity index (χ2n) is 1.94. The van der Waals surface area contributed by atoms with Crippen molar-refractivity contribution in [2.45, 2.75) is 10.5 Å². The molecule has 0 amide bonds. The molecule has 0 saturated carbocycles. The third-order valence-electron chi connectivity index (χ3n) is 0.967. The van der Waals surface area contributed by atoms with Gasteiger partial charge in [-0.2, -0.15) is 17.6 Å². The maximum Gasteiger partial charge on any atom is 1.00 e. The van der Waals surface area contributed by atoms with Crippen LogP contribution in [0, 0.1) is 0 Å². The van der Waals surface area contributed by atoms with Gasteiger partial charge in [-0.3, -0.25) is 0 Å². The van der Waals surface area contributed by atoms with Crippen LogP contribution in [0.15, 0.2) is 0 Å². The van der Waals surface area contributed by atoms with E-state index in [2.05, 4.69) is 0 Å². The van der Waals surface area contributed by atoms with Crippen LogP contribution >= 0.6 is 0 Å². The second kappa shape index (κ2) is 6.12. The van der Waals surface area contributed by atoms with Crippen LogP contribution in [0.4, 0.5) is 17.6 Å². The Morgan fingerprint density at radius 2 is 0.812 bits per heavy atom. The minimum Gasteiger partial charge on any atom is -0.743 e. The summed E-state index contributed by atoms with van der Waals surface area (Å²) in [6.07, 6.45) is 0. The third kappa shape index (κ3) is 4.03. The van der Waals surface area contributed by atoms with Crippen molar-refractivity contribution in [3.63, 3.8) is 0 Å². The predicted octanol–water partition coefficient (Wildman–Crippen LogP) is -6.73. The Hall–Kier alpha value is 1.54. The molecule has 6 nitrogen and oxygen atoms in total. The Bertz CT molecular complexity index is 385. The maximum absolute atomic E-state index is 12.0. The Labute approximate surface area is 132 Å². The zero-order chi connectivity index (χ0) is 12.0. The SMILES string of the molecule is O=S(=O)([O-])C(F)(F)C(F)(F)S(=O)(=O)[O-].[Na+].[Na+]. The van der Waals surface area contributed by atoms with Crippen molar-refractivity contribution in [3.05, 3.63) is 0 Å². The molecule has 0 atom stereocenters. The van der Waals surface area contributed by atoms with Gasteiger partial charge in [0.1, 0.15) is 0 Å². The van der Waals surface area contributed by atoms with Gasteiger partial charge in [-0.15, -0.1) is 0 Å². The molecule has 14 heteroatoms. The molecular weight excluding hydrogens is 306 g/mol. The summed E-state index contributed by atoms with van der Waals surface area (Å²) in [5.41, 5.74) is 0. The van der Waals surface area contributed by atoms with Crippen molar-refractivity contribution in [3.8, 4) is 0 Å².